The molecule has 28 heavy (non-hydrogen) atoms. The van der Waals surface area contributed by atoms with Gasteiger partial charge in [0.2, 0.25) is 5.91 Å². The Labute approximate surface area is 165 Å². The van der Waals surface area contributed by atoms with Crippen molar-refractivity contribution < 1.29 is 14.5 Å². The van der Waals surface area contributed by atoms with Crippen molar-refractivity contribution in [1.29, 1.82) is 0 Å². The van der Waals surface area contributed by atoms with Crippen LogP contribution in [0.15, 0.2) is 64.9 Å². The van der Waals surface area contributed by atoms with Crippen LogP contribution in [0.4, 0.5) is 0 Å². The van der Waals surface area contributed by atoms with E-state index in [0.717, 1.165) is 22.4 Å². The van der Waals surface area contributed by atoms with E-state index in [0.29, 0.717) is 5.71 Å². The highest BCUT2D eigenvalue weighted by molar-refractivity contribution is 6.06. The number of hydrogen-bond acceptors (Lipinski definition) is 6. The van der Waals surface area contributed by atoms with Gasteiger partial charge in [-0.25, -0.2) is 0 Å². The van der Waals surface area contributed by atoms with Crippen molar-refractivity contribution in [3.8, 4) is 0 Å². The lowest BCUT2D eigenvalue weighted by molar-refractivity contribution is -0.119. The Morgan fingerprint density at radius 2 is 1.71 bits per heavy atom. The number of amides is 1. The van der Waals surface area contributed by atoms with Crippen LogP contribution >= 0.6 is 0 Å². The van der Waals surface area contributed by atoms with E-state index in [1.54, 1.807) is 7.05 Å². The van der Waals surface area contributed by atoms with Gasteiger partial charge in [0.05, 0.1) is 5.71 Å². The highest BCUT2D eigenvalue weighted by atomic mass is 16.6. The first-order valence-electron chi connectivity index (χ1n) is 8.92. The van der Waals surface area contributed by atoms with E-state index in [2.05, 4.69) is 20.9 Å². The van der Waals surface area contributed by atoms with Crippen LogP contribution in [0.5, 0.6) is 0 Å². The first-order valence-corrected chi connectivity index (χ1v) is 8.92. The van der Waals surface area contributed by atoms with Crippen LogP contribution in [-0.4, -0.2) is 37.7 Å². The average molecular weight is 382 g/mol. The topological polar surface area (TPSA) is 84.3 Å². The maximum atomic E-state index is 11.5. The molecule has 0 saturated carbocycles. The summed E-state index contributed by atoms with van der Waals surface area (Å²) in [6.45, 7) is 3.59. The van der Waals surface area contributed by atoms with Gasteiger partial charge >= 0.3 is 0 Å². The molecule has 0 aliphatic heterocycles. The van der Waals surface area contributed by atoms with Gasteiger partial charge in [0.15, 0.2) is 0 Å². The van der Waals surface area contributed by atoms with Crippen LogP contribution in [-0.2, 0) is 21.1 Å². The van der Waals surface area contributed by atoms with E-state index in [9.17, 15) is 4.79 Å². The third-order valence-electron chi connectivity index (χ3n) is 4.01. The Morgan fingerprint density at radius 1 is 1.04 bits per heavy atom. The molecule has 0 aromatic heterocycles. The molecule has 0 aliphatic rings. The molecule has 0 heterocycles. The van der Waals surface area contributed by atoms with Crippen LogP contribution in [0.3, 0.4) is 0 Å². The molecule has 1 atom stereocenters. The zero-order valence-electron chi connectivity index (χ0n) is 16.6. The number of nitrogens with one attached hydrogen (secondary N) is 2. The average Bonchev–Trinajstić information content (AvgIpc) is 2.71. The number of oxime groups is 2. The van der Waals surface area contributed by atoms with E-state index >= 15 is 0 Å². The van der Waals surface area contributed by atoms with Crippen molar-refractivity contribution in [1.82, 2.24) is 10.6 Å². The minimum Gasteiger partial charge on any atom is -0.399 e. The molecule has 2 aromatic carbocycles. The van der Waals surface area contributed by atoms with Crippen LogP contribution in [0.25, 0.3) is 0 Å². The molecule has 0 bridgehead atoms. The van der Waals surface area contributed by atoms with Crippen LogP contribution < -0.4 is 10.6 Å². The molecule has 7 nitrogen and oxygen atoms in total. The second-order valence-electron chi connectivity index (χ2n) is 6.05. The molecule has 0 fully saturated rings. The van der Waals surface area contributed by atoms with Crippen LogP contribution in [0.2, 0.25) is 0 Å². The van der Waals surface area contributed by atoms with Gasteiger partial charge in [0, 0.05) is 18.1 Å². The smallest absolute Gasteiger partial charge is 0.218 e. The standard InChI is InChI=1S/C21H26N4O3/c1-15(17-10-6-5-7-11-17)24-28-14-18-12-8-9-13-19(18)20(25-27-4)21(22-3)23-16(2)26/h5-13,21-22H,14H2,1-4H3,(H,23,26)/b24-15+,25-20+. The summed E-state index contributed by atoms with van der Waals surface area (Å²) in [5.41, 5.74) is 4.00. The van der Waals surface area contributed by atoms with Crippen molar-refractivity contribution in [2.75, 3.05) is 14.2 Å². The molecule has 148 valence electrons. The number of nitrogens with zero attached hydrogens (tertiary/aromatic N) is 2. The Hall–Kier alpha value is -3.19. The van der Waals surface area contributed by atoms with E-state index in [4.69, 9.17) is 9.68 Å². The molecule has 1 unspecified atom stereocenters. The SMILES string of the molecule is CNC(NC(C)=O)/C(=N/OC)c1ccccc1CO/N=C(\C)c1ccccc1. The Morgan fingerprint density at radius 3 is 2.36 bits per heavy atom. The summed E-state index contributed by atoms with van der Waals surface area (Å²) >= 11 is 0. The fourth-order valence-electron chi connectivity index (χ4n) is 2.66. The predicted molar refractivity (Wildman–Crippen MR) is 110 cm³/mol. The maximum Gasteiger partial charge on any atom is 0.218 e. The zero-order valence-corrected chi connectivity index (χ0v) is 16.6. The second kappa shape index (κ2) is 10.8. The van der Waals surface area contributed by atoms with Gasteiger partial charge in [-0.1, -0.05) is 64.9 Å². The monoisotopic (exact) mass is 382 g/mol. The minimum absolute atomic E-state index is 0.181. The molecule has 7 heteroatoms. The molecular formula is C21H26N4O3. The highest BCUT2D eigenvalue weighted by Crippen LogP contribution is 2.14. The second-order valence-corrected chi connectivity index (χ2v) is 6.05. The lowest BCUT2D eigenvalue weighted by Gasteiger charge is -2.20. The van der Waals surface area contributed by atoms with Crippen LogP contribution in [0, 0.1) is 0 Å². The van der Waals surface area contributed by atoms with Crippen molar-refractivity contribution in [3.05, 3.63) is 71.3 Å². The fraction of sp³-hybridized carbons (Fsp3) is 0.286. The Balaban J connectivity index is 2.23. The Bertz CT molecular complexity index is 835. The van der Waals surface area contributed by atoms with Crippen LogP contribution in [0.1, 0.15) is 30.5 Å². The number of hydrogen-bond donors (Lipinski definition) is 2. The number of likely N-dealkylation sites (N-methyl/N-ethyl adjacent to an activating group) is 1. The van der Waals surface area contributed by atoms with E-state index < -0.39 is 6.17 Å². The molecule has 2 N–H and O–H groups in total. The molecular weight excluding hydrogens is 356 g/mol. The summed E-state index contributed by atoms with van der Waals surface area (Å²) in [5, 5.41) is 14.2. The summed E-state index contributed by atoms with van der Waals surface area (Å²) in [6.07, 6.45) is -0.506. The van der Waals surface area contributed by atoms with Gasteiger partial charge in [0.25, 0.3) is 0 Å². The number of carbonyl (C=O) groups excluding carboxylic acids is 1. The van der Waals surface area contributed by atoms with Gasteiger partial charge in [-0.15, -0.1) is 0 Å². The fourth-order valence-corrected chi connectivity index (χ4v) is 2.66. The maximum absolute atomic E-state index is 11.5. The van der Waals surface area contributed by atoms with Gasteiger partial charge in [0.1, 0.15) is 25.6 Å². The van der Waals surface area contributed by atoms with Gasteiger partial charge in [-0.05, 0) is 19.5 Å². The molecule has 2 aromatic rings. The van der Waals surface area contributed by atoms with Crippen molar-refractivity contribution in [2.24, 2.45) is 10.3 Å². The zero-order chi connectivity index (χ0) is 20.4. The molecule has 2 rings (SSSR count). The predicted octanol–water partition coefficient (Wildman–Crippen LogP) is 2.66. The minimum atomic E-state index is -0.506. The molecule has 0 radical (unpaired) electrons. The largest absolute Gasteiger partial charge is 0.399 e. The third kappa shape index (κ3) is 5.92. The summed E-state index contributed by atoms with van der Waals surface area (Å²) in [7, 11) is 3.20. The van der Waals surface area contributed by atoms with Gasteiger partial charge < -0.3 is 15.0 Å². The van der Waals surface area contributed by atoms with Crippen molar-refractivity contribution in [2.45, 2.75) is 26.6 Å². The summed E-state index contributed by atoms with van der Waals surface area (Å²) in [4.78, 5) is 22.1. The molecule has 1 amide bonds. The number of carbonyl (C=O) groups is 1. The summed E-state index contributed by atoms with van der Waals surface area (Å²) in [6, 6.07) is 17.4. The van der Waals surface area contributed by atoms with Gasteiger partial charge in [-0.2, -0.15) is 0 Å². The summed E-state index contributed by atoms with van der Waals surface area (Å²) < 4.78 is 0. The lowest BCUT2D eigenvalue weighted by Crippen LogP contribution is -2.49. The lowest BCUT2D eigenvalue weighted by atomic mass is 10.0. The first-order chi connectivity index (χ1) is 13.6. The van der Waals surface area contributed by atoms with Crippen molar-refractivity contribution in [3.63, 3.8) is 0 Å². The third-order valence-corrected chi connectivity index (χ3v) is 4.01. The van der Waals surface area contributed by atoms with E-state index in [1.807, 2.05) is 61.5 Å². The number of benzene rings is 2. The Kier molecular flexibility index (Phi) is 8.17. The summed E-state index contributed by atoms with van der Waals surface area (Å²) in [5.74, 6) is -0.181. The van der Waals surface area contributed by atoms with Crippen molar-refractivity contribution >= 4 is 17.3 Å². The van der Waals surface area contributed by atoms with E-state index in [-0.39, 0.29) is 12.5 Å². The quantitative estimate of drug-likeness (QED) is 0.397. The normalized spacial score (nSPS) is 13.0. The van der Waals surface area contributed by atoms with Gasteiger partial charge in [-0.3, -0.25) is 10.1 Å². The molecule has 0 saturated heterocycles. The van der Waals surface area contributed by atoms with E-state index in [1.165, 1.54) is 14.0 Å². The highest BCUT2D eigenvalue weighted by Gasteiger charge is 2.20. The first kappa shape index (κ1) is 21.1. The molecule has 0 spiro atoms. The molecule has 0 aliphatic carbocycles. The number of rotatable bonds is 9.